The summed E-state index contributed by atoms with van der Waals surface area (Å²) in [7, 11) is 4.02. The molecule has 0 bridgehead atoms. The van der Waals surface area contributed by atoms with Crippen molar-refractivity contribution in [3.8, 4) is 11.1 Å². The quantitative estimate of drug-likeness (QED) is 0.254. The number of likely N-dealkylation sites (N-methyl/N-ethyl adjacent to an activating group) is 1. The molecule has 3 aromatic rings. The van der Waals surface area contributed by atoms with E-state index in [9.17, 15) is 19.1 Å². The second-order valence-corrected chi connectivity index (χ2v) is 12.1. The van der Waals surface area contributed by atoms with Gasteiger partial charge in [0.15, 0.2) is 0 Å². The molecule has 4 rings (SSSR count). The van der Waals surface area contributed by atoms with Gasteiger partial charge in [-0.3, -0.25) is 14.6 Å². The van der Waals surface area contributed by atoms with E-state index in [1.807, 2.05) is 27.1 Å². The number of hydrogen-bond donors (Lipinski definition) is 2. The van der Waals surface area contributed by atoms with Gasteiger partial charge in [0.05, 0.1) is 24.1 Å². The van der Waals surface area contributed by atoms with E-state index >= 15 is 4.39 Å². The Hall–Kier alpha value is -3.65. The van der Waals surface area contributed by atoms with Crippen LogP contribution in [-0.4, -0.2) is 47.5 Å². The average molecular weight is 578 g/mol. The summed E-state index contributed by atoms with van der Waals surface area (Å²) in [5.41, 5.74) is 5.99. The van der Waals surface area contributed by atoms with Gasteiger partial charge in [0, 0.05) is 18.3 Å². The molecule has 42 heavy (non-hydrogen) atoms. The highest BCUT2D eigenvalue weighted by molar-refractivity contribution is 5.84. The van der Waals surface area contributed by atoms with E-state index < -0.39 is 30.2 Å². The summed E-state index contributed by atoms with van der Waals surface area (Å²) in [4.78, 5) is 32.6. The van der Waals surface area contributed by atoms with Gasteiger partial charge in [-0.25, -0.2) is 8.78 Å². The fraction of sp³-hybridized carbons (Fsp3) is 0.441. The normalized spacial score (nSPS) is 14.6. The highest BCUT2D eigenvalue weighted by Gasteiger charge is 2.34. The Bertz CT molecular complexity index is 1460. The van der Waals surface area contributed by atoms with Crippen LogP contribution >= 0.6 is 0 Å². The van der Waals surface area contributed by atoms with Crippen molar-refractivity contribution in [2.45, 2.75) is 71.8 Å². The minimum absolute atomic E-state index is 0.0950. The lowest BCUT2D eigenvalue weighted by Gasteiger charge is -2.24. The van der Waals surface area contributed by atoms with Crippen molar-refractivity contribution in [1.29, 1.82) is 0 Å². The Morgan fingerprint density at radius 3 is 2.26 bits per heavy atom. The summed E-state index contributed by atoms with van der Waals surface area (Å²) in [5.74, 6) is -2.63. The zero-order valence-corrected chi connectivity index (χ0v) is 25.4. The van der Waals surface area contributed by atoms with Crippen LogP contribution in [0.4, 0.5) is 8.78 Å². The van der Waals surface area contributed by atoms with E-state index in [-0.39, 0.29) is 17.3 Å². The predicted molar refractivity (Wildman–Crippen MR) is 160 cm³/mol. The lowest BCUT2D eigenvalue weighted by atomic mass is 9.89. The molecule has 0 unspecified atom stereocenters. The molecule has 2 atom stereocenters. The molecule has 1 amide bonds. The van der Waals surface area contributed by atoms with E-state index in [0.717, 1.165) is 42.5 Å². The Labute approximate surface area is 247 Å². The van der Waals surface area contributed by atoms with Gasteiger partial charge in [0.25, 0.3) is 0 Å². The smallest absolute Gasteiger partial charge is 0.305 e. The predicted octanol–water partition coefficient (Wildman–Crippen LogP) is 6.58. The number of aliphatic carboxylic acids is 1. The lowest BCUT2D eigenvalue weighted by Crippen LogP contribution is -2.35. The summed E-state index contributed by atoms with van der Waals surface area (Å²) >= 11 is 0. The minimum atomic E-state index is -1.16. The molecule has 1 heterocycles. The lowest BCUT2D eigenvalue weighted by molar-refractivity contribution is -0.137. The van der Waals surface area contributed by atoms with E-state index in [4.69, 9.17) is 0 Å². The fourth-order valence-corrected chi connectivity index (χ4v) is 5.68. The summed E-state index contributed by atoms with van der Waals surface area (Å²) in [6.45, 7) is 8.03. The minimum Gasteiger partial charge on any atom is -0.481 e. The molecule has 1 fully saturated rings. The van der Waals surface area contributed by atoms with Crippen LogP contribution in [0.2, 0.25) is 0 Å². The van der Waals surface area contributed by atoms with Gasteiger partial charge >= 0.3 is 5.97 Å². The van der Waals surface area contributed by atoms with E-state index in [2.05, 4.69) is 15.2 Å². The van der Waals surface area contributed by atoms with E-state index in [0.29, 0.717) is 40.3 Å². The second-order valence-electron chi connectivity index (χ2n) is 12.1. The average Bonchev–Trinajstić information content (AvgIpc) is 3.72. The van der Waals surface area contributed by atoms with Gasteiger partial charge in [-0.15, -0.1) is 0 Å². The van der Waals surface area contributed by atoms with Crippen LogP contribution in [0.25, 0.3) is 11.1 Å². The number of halogens is 2. The Kier molecular flexibility index (Phi) is 9.77. The summed E-state index contributed by atoms with van der Waals surface area (Å²) in [5, 5.41) is 12.7. The third-order valence-electron chi connectivity index (χ3n) is 8.14. The summed E-state index contributed by atoms with van der Waals surface area (Å²) in [6.07, 6.45) is 4.79. The van der Waals surface area contributed by atoms with Crippen molar-refractivity contribution >= 4 is 11.9 Å². The summed E-state index contributed by atoms with van der Waals surface area (Å²) in [6, 6.07) is 6.98. The van der Waals surface area contributed by atoms with Crippen molar-refractivity contribution < 1.29 is 23.5 Å². The Morgan fingerprint density at radius 1 is 1.00 bits per heavy atom. The fourth-order valence-electron chi connectivity index (χ4n) is 5.68. The van der Waals surface area contributed by atoms with Crippen molar-refractivity contribution in [2.24, 2.45) is 5.92 Å². The second kappa shape index (κ2) is 13.1. The molecular weight excluding hydrogens is 536 g/mol. The molecule has 1 aliphatic rings. The van der Waals surface area contributed by atoms with E-state index in [1.165, 1.54) is 12.1 Å². The van der Waals surface area contributed by atoms with Crippen LogP contribution in [0, 0.1) is 45.2 Å². The summed E-state index contributed by atoms with van der Waals surface area (Å²) < 4.78 is 29.7. The van der Waals surface area contributed by atoms with Gasteiger partial charge < -0.3 is 15.3 Å². The molecular formula is C34H41F2N3O3. The number of rotatable bonds is 12. The van der Waals surface area contributed by atoms with Gasteiger partial charge in [0.1, 0.15) is 11.6 Å². The van der Waals surface area contributed by atoms with Crippen LogP contribution in [0.1, 0.15) is 76.7 Å². The topological polar surface area (TPSA) is 82.5 Å². The van der Waals surface area contributed by atoms with Crippen molar-refractivity contribution in [2.75, 3.05) is 20.6 Å². The third-order valence-corrected chi connectivity index (χ3v) is 8.14. The Morgan fingerprint density at radius 2 is 1.67 bits per heavy atom. The van der Waals surface area contributed by atoms with Crippen LogP contribution in [-0.2, 0) is 16.0 Å². The highest BCUT2D eigenvalue weighted by Crippen LogP contribution is 2.39. The number of nitrogens with zero attached hydrogens (tertiary/aromatic N) is 2. The molecule has 1 saturated carbocycles. The first-order valence-electron chi connectivity index (χ1n) is 14.5. The third kappa shape index (κ3) is 7.59. The number of hydrogen-bond acceptors (Lipinski definition) is 4. The zero-order chi connectivity index (χ0) is 30.7. The number of nitrogens with one attached hydrogen (secondary N) is 1. The first-order chi connectivity index (χ1) is 19.8. The van der Waals surface area contributed by atoms with Gasteiger partial charge in [0.2, 0.25) is 5.91 Å². The molecule has 0 radical (unpaired) electrons. The monoisotopic (exact) mass is 577 g/mol. The van der Waals surface area contributed by atoms with Crippen molar-refractivity contribution in [3.05, 3.63) is 87.2 Å². The molecule has 0 aliphatic heterocycles. The maximum Gasteiger partial charge on any atom is 0.305 e. The Balaban J connectivity index is 1.71. The standard InChI is InChI=1S/C34H41F2N3O3/c1-19-12-26(35)13-20(2)32(19)25-11-21(3)33(36)27(15-25)30(17-31(40)41)38-34(42)28(14-23-7-8-23)29-16-24(9-10-39(5)6)22(4)18-37-29/h11-13,15-16,18,23,28,30H,7-10,14,17H2,1-6H3,(H,38,42)(H,40,41)/t28-,30-/m0/s1. The molecule has 0 saturated heterocycles. The first-order valence-corrected chi connectivity index (χ1v) is 14.5. The van der Waals surface area contributed by atoms with Crippen LogP contribution in [0.15, 0.2) is 36.5 Å². The van der Waals surface area contributed by atoms with Crippen LogP contribution in [0.5, 0.6) is 0 Å². The molecule has 2 N–H and O–H groups in total. The maximum atomic E-state index is 15.7. The number of benzene rings is 2. The molecule has 1 aliphatic carbocycles. The largest absolute Gasteiger partial charge is 0.481 e. The number of amides is 1. The number of carboxylic acid groups (broad SMARTS) is 1. The molecule has 2 aromatic carbocycles. The number of pyridine rings is 1. The molecule has 224 valence electrons. The number of carbonyl (C=O) groups excluding carboxylic acids is 1. The molecule has 8 heteroatoms. The van der Waals surface area contributed by atoms with Crippen LogP contribution < -0.4 is 5.32 Å². The zero-order valence-electron chi connectivity index (χ0n) is 25.4. The maximum absolute atomic E-state index is 15.7. The highest BCUT2D eigenvalue weighted by atomic mass is 19.1. The van der Waals surface area contributed by atoms with Gasteiger partial charge in [-0.05, 0) is 130 Å². The van der Waals surface area contributed by atoms with Crippen LogP contribution in [0.3, 0.4) is 0 Å². The number of aromatic nitrogens is 1. The van der Waals surface area contributed by atoms with Gasteiger partial charge in [-0.1, -0.05) is 12.8 Å². The van der Waals surface area contributed by atoms with Gasteiger partial charge in [-0.2, -0.15) is 0 Å². The first kappa shape index (κ1) is 31.3. The van der Waals surface area contributed by atoms with Crippen molar-refractivity contribution in [1.82, 2.24) is 15.2 Å². The van der Waals surface area contributed by atoms with Crippen molar-refractivity contribution in [3.63, 3.8) is 0 Å². The van der Waals surface area contributed by atoms with E-state index in [1.54, 1.807) is 39.1 Å². The number of carbonyl (C=O) groups is 2. The molecule has 1 aromatic heterocycles. The molecule has 6 nitrogen and oxygen atoms in total. The molecule has 0 spiro atoms. The number of aryl methyl sites for hydroxylation is 4. The SMILES string of the molecule is Cc1cnc([C@H](CC2CC2)C(=O)N[C@@H](CC(=O)O)c2cc(-c3c(C)cc(F)cc3C)cc(C)c2F)cc1CCN(C)C. The number of carboxylic acids is 1.